The van der Waals surface area contributed by atoms with E-state index in [0.717, 1.165) is 0 Å². The van der Waals surface area contributed by atoms with E-state index in [1.165, 1.54) is 6.92 Å². The fourth-order valence-electron chi connectivity index (χ4n) is 1.33. The van der Waals surface area contributed by atoms with Crippen molar-refractivity contribution >= 4 is 23.9 Å². The Morgan fingerprint density at radius 2 is 1.29 bits per heavy atom. The van der Waals surface area contributed by atoms with Crippen molar-refractivity contribution in [1.29, 1.82) is 0 Å². The molecule has 6 N–H and O–H groups in total. The van der Waals surface area contributed by atoms with Crippen LogP contribution >= 0.6 is 0 Å². The summed E-state index contributed by atoms with van der Waals surface area (Å²) in [6.45, 7) is 0.905. The van der Waals surface area contributed by atoms with E-state index in [9.17, 15) is 19.2 Å². The zero-order chi connectivity index (χ0) is 16.6. The zero-order valence-electron chi connectivity index (χ0n) is 11.3. The van der Waals surface area contributed by atoms with Crippen molar-refractivity contribution in [3.05, 3.63) is 0 Å². The number of carbonyl (C=O) groups is 4. The van der Waals surface area contributed by atoms with Gasteiger partial charge in [-0.1, -0.05) is 6.92 Å². The lowest BCUT2D eigenvalue weighted by atomic mass is 10.1. The van der Waals surface area contributed by atoms with Crippen molar-refractivity contribution in [3.63, 3.8) is 0 Å². The molecule has 21 heavy (non-hydrogen) atoms. The van der Waals surface area contributed by atoms with Crippen LogP contribution in [0.3, 0.4) is 0 Å². The van der Waals surface area contributed by atoms with E-state index >= 15 is 0 Å². The van der Waals surface area contributed by atoms with Crippen molar-refractivity contribution in [2.45, 2.75) is 25.4 Å². The minimum Gasteiger partial charge on any atom is -0.481 e. The van der Waals surface area contributed by atoms with Crippen LogP contribution in [-0.4, -0.2) is 69.5 Å². The second-order valence-corrected chi connectivity index (χ2v) is 4.44. The van der Waals surface area contributed by atoms with E-state index in [-0.39, 0.29) is 13.1 Å². The van der Waals surface area contributed by atoms with Gasteiger partial charge in [-0.15, -0.1) is 0 Å². The number of carboxylic acid groups (broad SMARTS) is 4. The summed E-state index contributed by atoms with van der Waals surface area (Å²) in [6, 6.07) is -2.66. The van der Waals surface area contributed by atoms with Gasteiger partial charge in [-0.25, -0.2) is 0 Å². The summed E-state index contributed by atoms with van der Waals surface area (Å²) >= 11 is 0. The standard InChI is InChI=1S/C11H18N2O8/c1-5(9(16)17)3-12-7(11(20)21)4-13-6(10(18)19)2-8(14)15/h5-7,12-13H,2-4H2,1H3,(H,14,15)(H,16,17)(H,18,19)(H,20,21)/t5-,6-,7-/m0/s1. The van der Waals surface area contributed by atoms with Gasteiger partial charge < -0.3 is 31.1 Å². The molecule has 0 aliphatic rings. The van der Waals surface area contributed by atoms with Gasteiger partial charge in [-0.05, 0) is 0 Å². The molecule has 10 nitrogen and oxygen atoms in total. The van der Waals surface area contributed by atoms with Crippen LogP contribution in [0.5, 0.6) is 0 Å². The molecule has 0 rings (SSSR count). The Hall–Kier alpha value is -2.20. The molecule has 0 aliphatic heterocycles. The maximum Gasteiger partial charge on any atom is 0.322 e. The minimum atomic E-state index is -1.43. The predicted molar refractivity (Wildman–Crippen MR) is 67.9 cm³/mol. The van der Waals surface area contributed by atoms with Crippen LogP contribution in [0.2, 0.25) is 0 Å². The Balaban J connectivity index is 4.49. The molecule has 10 heteroatoms. The van der Waals surface area contributed by atoms with Crippen LogP contribution in [0.15, 0.2) is 0 Å². The Bertz CT molecular complexity index is 411. The van der Waals surface area contributed by atoms with E-state index < -0.39 is 48.3 Å². The highest BCUT2D eigenvalue weighted by Crippen LogP contribution is 1.96. The summed E-state index contributed by atoms with van der Waals surface area (Å²) in [4.78, 5) is 42.9. The van der Waals surface area contributed by atoms with Gasteiger partial charge in [0.1, 0.15) is 12.1 Å². The Morgan fingerprint density at radius 3 is 1.67 bits per heavy atom. The molecular weight excluding hydrogens is 288 g/mol. The molecule has 0 amide bonds. The third-order valence-electron chi connectivity index (χ3n) is 2.64. The summed E-state index contributed by atoms with van der Waals surface area (Å²) < 4.78 is 0. The largest absolute Gasteiger partial charge is 0.481 e. The summed E-state index contributed by atoms with van der Waals surface area (Å²) in [5.74, 6) is -5.98. The average Bonchev–Trinajstić information content (AvgIpc) is 2.35. The van der Waals surface area contributed by atoms with Crippen LogP contribution in [0.1, 0.15) is 13.3 Å². The third kappa shape index (κ3) is 7.84. The summed E-state index contributed by atoms with van der Waals surface area (Å²) in [5.41, 5.74) is 0. The monoisotopic (exact) mass is 306 g/mol. The van der Waals surface area contributed by atoms with Gasteiger partial charge >= 0.3 is 23.9 Å². The molecule has 0 heterocycles. The smallest absolute Gasteiger partial charge is 0.322 e. The molecule has 3 atom stereocenters. The van der Waals surface area contributed by atoms with E-state index in [2.05, 4.69) is 10.6 Å². The maximum absolute atomic E-state index is 11.0. The lowest BCUT2D eigenvalue weighted by Gasteiger charge is -2.19. The molecule has 0 unspecified atom stereocenters. The maximum atomic E-state index is 11.0. The van der Waals surface area contributed by atoms with Crippen LogP contribution < -0.4 is 10.6 Å². The van der Waals surface area contributed by atoms with Gasteiger partial charge in [0.05, 0.1) is 12.3 Å². The normalized spacial score (nSPS) is 14.9. The van der Waals surface area contributed by atoms with Gasteiger partial charge in [-0.2, -0.15) is 0 Å². The van der Waals surface area contributed by atoms with Crippen LogP contribution in [0.25, 0.3) is 0 Å². The number of rotatable bonds is 11. The van der Waals surface area contributed by atoms with E-state index in [1.807, 2.05) is 0 Å². The second-order valence-electron chi connectivity index (χ2n) is 4.44. The number of nitrogens with one attached hydrogen (secondary N) is 2. The molecule has 0 aromatic carbocycles. The highest BCUT2D eigenvalue weighted by atomic mass is 16.4. The lowest BCUT2D eigenvalue weighted by molar-refractivity contribution is -0.146. The molecule has 0 saturated heterocycles. The van der Waals surface area contributed by atoms with Crippen molar-refractivity contribution < 1.29 is 39.6 Å². The molecule has 0 bridgehead atoms. The first kappa shape index (κ1) is 18.8. The quantitative estimate of drug-likeness (QED) is 0.257. The number of hydrogen-bond acceptors (Lipinski definition) is 6. The first-order valence-corrected chi connectivity index (χ1v) is 6.02. The first-order chi connectivity index (χ1) is 9.65. The average molecular weight is 306 g/mol. The van der Waals surface area contributed by atoms with Gasteiger partial charge in [0.15, 0.2) is 0 Å². The summed E-state index contributed by atoms with van der Waals surface area (Å²) in [7, 11) is 0. The SMILES string of the molecule is C[C@@H](CN[C@@H](CN[C@@H](CC(=O)O)C(=O)O)C(=O)O)C(=O)O. The highest BCUT2D eigenvalue weighted by Gasteiger charge is 2.25. The van der Waals surface area contributed by atoms with Crippen LogP contribution in [-0.2, 0) is 19.2 Å². The molecule has 0 aromatic heterocycles. The van der Waals surface area contributed by atoms with Crippen molar-refractivity contribution in [2.75, 3.05) is 13.1 Å². The summed E-state index contributed by atoms with van der Waals surface area (Å²) in [5, 5.41) is 39.7. The molecular formula is C11H18N2O8. The Labute approximate surface area is 119 Å². The number of hydrogen-bond donors (Lipinski definition) is 6. The highest BCUT2D eigenvalue weighted by molar-refractivity contribution is 5.80. The Kier molecular flexibility index (Phi) is 7.94. The molecule has 0 saturated carbocycles. The minimum absolute atomic E-state index is 0.120. The van der Waals surface area contributed by atoms with Gasteiger partial charge in [0.2, 0.25) is 0 Å². The van der Waals surface area contributed by atoms with Crippen LogP contribution in [0.4, 0.5) is 0 Å². The molecule has 0 aromatic rings. The molecule has 0 spiro atoms. The zero-order valence-corrected chi connectivity index (χ0v) is 11.3. The predicted octanol–water partition coefficient (Wildman–Crippen LogP) is -1.73. The van der Waals surface area contributed by atoms with E-state index in [4.69, 9.17) is 20.4 Å². The van der Waals surface area contributed by atoms with Crippen molar-refractivity contribution in [3.8, 4) is 0 Å². The molecule has 0 fully saturated rings. The second kappa shape index (κ2) is 8.87. The molecule has 120 valence electrons. The number of carboxylic acids is 4. The topological polar surface area (TPSA) is 173 Å². The van der Waals surface area contributed by atoms with Crippen molar-refractivity contribution in [1.82, 2.24) is 10.6 Å². The first-order valence-electron chi connectivity index (χ1n) is 6.02. The fraction of sp³-hybridized carbons (Fsp3) is 0.636. The van der Waals surface area contributed by atoms with E-state index in [1.54, 1.807) is 0 Å². The summed E-state index contributed by atoms with van der Waals surface area (Å²) in [6.07, 6.45) is -0.701. The Morgan fingerprint density at radius 1 is 0.810 bits per heavy atom. The third-order valence-corrected chi connectivity index (χ3v) is 2.64. The number of aliphatic carboxylic acids is 4. The molecule has 0 radical (unpaired) electrons. The lowest BCUT2D eigenvalue weighted by Crippen LogP contribution is -2.50. The van der Waals surface area contributed by atoms with Gasteiger partial charge in [0.25, 0.3) is 0 Å². The van der Waals surface area contributed by atoms with Gasteiger partial charge in [-0.3, -0.25) is 19.2 Å². The van der Waals surface area contributed by atoms with Crippen molar-refractivity contribution in [2.24, 2.45) is 5.92 Å². The molecule has 0 aliphatic carbocycles. The van der Waals surface area contributed by atoms with Gasteiger partial charge in [0, 0.05) is 13.1 Å². The fourth-order valence-corrected chi connectivity index (χ4v) is 1.33. The van der Waals surface area contributed by atoms with E-state index in [0.29, 0.717) is 0 Å². The van der Waals surface area contributed by atoms with Crippen LogP contribution in [0, 0.1) is 5.92 Å².